The number of hydrogen-bond acceptors (Lipinski definition) is 3. The van der Waals surface area contributed by atoms with E-state index < -0.39 is 6.09 Å². The van der Waals surface area contributed by atoms with Gasteiger partial charge in [-0.1, -0.05) is 0 Å². The van der Waals surface area contributed by atoms with Crippen LogP contribution >= 0.6 is 0 Å². The second-order valence-corrected chi connectivity index (χ2v) is 3.84. The van der Waals surface area contributed by atoms with Crippen LogP contribution in [-0.2, 0) is 4.79 Å². The fourth-order valence-electron chi connectivity index (χ4n) is 1.89. The maximum atomic E-state index is 11.1. The molecule has 0 radical (unpaired) electrons. The number of hydrogen-bond donors (Lipinski definition) is 3. The quantitative estimate of drug-likeness (QED) is 0.599. The largest absolute Gasteiger partial charge is 0.465 e. The minimum atomic E-state index is -1.07. The molecule has 1 saturated carbocycles. The van der Waals surface area contributed by atoms with Gasteiger partial charge in [0, 0.05) is 18.0 Å². The second-order valence-electron chi connectivity index (χ2n) is 3.84. The highest BCUT2D eigenvalue weighted by atomic mass is 16.4. The van der Waals surface area contributed by atoms with E-state index in [1.54, 1.807) is 6.92 Å². The summed E-state index contributed by atoms with van der Waals surface area (Å²) < 4.78 is 0. The molecule has 14 heavy (non-hydrogen) atoms. The van der Waals surface area contributed by atoms with Gasteiger partial charge < -0.3 is 16.2 Å². The number of rotatable bonds is 2. The highest BCUT2D eigenvalue weighted by Gasteiger charge is 2.31. The lowest BCUT2D eigenvalue weighted by molar-refractivity contribution is -0.121. The van der Waals surface area contributed by atoms with E-state index in [0.29, 0.717) is 12.8 Å². The lowest BCUT2D eigenvalue weighted by Gasteiger charge is -2.32. The third-order valence-electron chi connectivity index (χ3n) is 2.79. The van der Waals surface area contributed by atoms with Crippen LogP contribution in [0.25, 0.3) is 0 Å². The molecule has 3 atom stereocenters. The smallest absolute Gasteiger partial charge is 0.404 e. The predicted octanol–water partition coefficient (Wildman–Crippen LogP) is 0.339. The van der Waals surface area contributed by atoms with E-state index in [1.165, 1.54) is 0 Å². The van der Waals surface area contributed by atoms with Crippen LogP contribution in [-0.4, -0.2) is 29.1 Å². The number of carbonyl (C=O) groups excluding carboxylic acids is 1. The number of carbonyl (C=O) groups is 2. The Balaban J connectivity index is 2.55. The molecule has 4 N–H and O–H groups in total. The zero-order valence-corrected chi connectivity index (χ0v) is 8.19. The summed E-state index contributed by atoms with van der Waals surface area (Å²) >= 11 is 0. The molecule has 0 bridgehead atoms. The first-order valence-electron chi connectivity index (χ1n) is 4.76. The standard InChI is InChI=1S/C9H16N2O3/c1-5(12)6-2-3-7(10)8(4-6)11-9(13)14/h6-8,11H,2-4,10H2,1H3,(H,13,14)/t6-,7-,8+/m0/s1. The normalized spacial score (nSPS) is 32.3. The summed E-state index contributed by atoms with van der Waals surface area (Å²) in [7, 11) is 0. The first kappa shape index (κ1) is 11.0. The highest BCUT2D eigenvalue weighted by molar-refractivity contribution is 5.78. The van der Waals surface area contributed by atoms with Crippen LogP contribution in [0.4, 0.5) is 4.79 Å². The van der Waals surface area contributed by atoms with E-state index in [9.17, 15) is 9.59 Å². The minimum Gasteiger partial charge on any atom is -0.465 e. The Hall–Kier alpha value is -1.10. The molecule has 0 aromatic carbocycles. The summed E-state index contributed by atoms with van der Waals surface area (Å²) in [5, 5.41) is 10.9. The number of carboxylic acid groups (broad SMARTS) is 1. The molecule has 0 aromatic heterocycles. The molecule has 0 saturated heterocycles. The van der Waals surface area contributed by atoms with Crippen molar-refractivity contribution in [2.45, 2.75) is 38.3 Å². The van der Waals surface area contributed by atoms with E-state index in [-0.39, 0.29) is 23.8 Å². The second kappa shape index (κ2) is 4.41. The number of Topliss-reactive ketones (excluding diaryl/α,β-unsaturated/α-hetero) is 1. The van der Waals surface area contributed by atoms with Crippen molar-refractivity contribution in [2.75, 3.05) is 0 Å². The molecule has 0 aromatic rings. The van der Waals surface area contributed by atoms with Crippen molar-refractivity contribution in [3.63, 3.8) is 0 Å². The fraction of sp³-hybridized carbons (Fsp3) is 0.778. The molecule has 1 rings (SSSR count). The van der Waals surface area contributed by atoms with Gasteiger partial charge in [0.2, 0.25) is 0 Å². The molecule has 0 unspecified atom stereocenters. The van der Waals surface area contributed by atoms with Gasteiger partial charge in [-0.05, 0) is 26.2 Å². The Morgan fingerprint density at radius 3 is 2.57 bits per heavy atom. The van der Waals surface area contributed by atoms with Gasteiger partial charge in [-0.15, -0.1) is 0 Å². The average Bonchev–Trinajstić information content (AvgIpc) is 2.07. The van der Waals surface area contributed by atoms with Gasteiger partial charge in [-0.3, -0.25) is 4.79 Å². The van der Waals surface area contributed by atoms with Crippen molar-refractivity contribution < 1.29 is 14.7 Å². The first-order valence-corrected chi connectivity index (χ1v) is 4.76. The monoisotopic (exact) mass is 200 g/mol. The lowest BCUT2D eigenvalue weighted by Crippen LogP contribution is -2.51. The Morgan fingerprint density at radius 1 is 1.43 bits per heavy atom. The van der Waals surface area contributed by atoms with Gasteiger partial charge in [-0.2, -0.15) is 0 Å². The molecule has 0 aliphatic heterocycles. The predicted molar refractivity (Wildman–Crippen MR) is 50.9 cm³/mol. The topological polar surface area (TPSA) is 92.4 Å². The zero-order valence-electron chi connectivity index (χ0n) is 8.19. The molecule has 5 heteroatoms. The fourth-order valence-corrected chi connectivity index (χ4v) is 1.89. The summed E-state index contributed by atoms with van der Waals surface area (Å²) in [5.74, 6) is 0.0840. The zero-order chi connectivity index (χ0) is 10.7. The van der Waals surface area contributed by atoms with Crippen LogP contribution in [0.15, 0.2) is 0 Å². The van der Waals surface area contributed by atoms with Gasteiger partial charge >= 0.3 is 6.09 Å². The van der Waals surface area contributed by atoms with Gasteiger partial charge in [-0.25, -0.2) is 4.79 Å². The van der Waals surface area contributed by atoms with Crippen LogP contribution in [0, 0.1) is 5.92 Å². The molecule has 0 heterocycles. The highest BCUT2D eigenvalue weighted by Crippen LogP contribution is 2.24. The van der Waals surface area contributed by atoms with Crippen LogP contribution in [0.5, 0.6) is 0 Å². The summed E-state index contributed by atoms with van der Waals surface area (Å²) in [6.45, 7) is 1.54. The van der Waals surface area contributed by atoms with Gasteiger partial charge in [0.15, 0.2) is 0 Å². The third kappa shape index (κ3) is 2.70. The van der Waals surface area contributed by atoms with Crippen molar-refractivity contribution in [3.05, 3.63) is 0 Å². The lowest BCUT2D eigenvalue weighted by atomic mass is 9.81. The van der Waals surface area contributed by atoms with Crippen molar-refractivity contribution in [2.24, 2.45) is 11.7 Å². The van der Waals surface area contributed by atoms with Crippen LogP contribution < -0.4 is 11.1 Å². The average molecular weight is 200 g/mol. The molecular weight excluding hydrogens is 184 g/mol. The number of nitrogens with one attached hydrogen (secondary N) is 1. The number of ketones is 1. The minimum absolute atomic E-state index is 0.0355. The van der Waals surface area contributed by atoms with Crippen molar-refractivity contribution in [3.8, 4) is 0 Å². The number of nitrogens with two attached hydrogens (primary N) is 1. The maximum Gasteiger partial charge on any atom is 0.404 e. The Labute approximate surface area is 82.7 Å². The molecule has 1 fully saturated rings. The van der Waals surface area contributed by atoms with Crippen LogP contribution in [0.1, 0.15) is 26.2 Å². The molecule has 0 spiro atoms. The van der Waals surface area contributed by atoms with Crippen LogP contribution in [0.3, 0.4) is 0 Å². The Bertz CT molecular complexity index is 242. The van der Waals surface area contributed by atoms with E-state index in [1.807, 2.05) is 0 Å². The van der Waals surface area contributed by atoms with Gasteiger partial charge in [0.1, 0.15) is 5.78 Å². The molecule has 1 aliphatic rings. The van der Waals surface area contributed by atoms with E-state index in [4.69, 9.17) is 10.8 Å². The summed E-state index contributed by atoms with van der Waals surface area (Å²) in [6, 6.07) is -0.447. The van der Waals surface area contributed by atoms with E-state index in [0.717, 1.165) is 6.42 Å². The first-order chi connectivity index (χ1) is 6.50. The van der Waals surface area contributed by atoms with Crippen molar-refractivity contribution in [1.82, 2.24) is 5.32 Å². The number of amides is 1. The summed E-state index contributed by atoms with van der Waals surface area (Å²) in [6.07, 6.45) is 0.932. The van der Waals surface area contributed by atoms with Gasteiger partial charge in [0.25, 0.3) is 0 Å². The Kier molecular flexibility index (Phi) is 3.46. The molecule has 1 aliphatic carbocycles. The summed E-state index contributed by atoms with van der Waals surface area (Å²) in [4.78, 5) is 21.6. The van der Waals surface area contributed by atoms with Crippen molar-refractivity contribution >= 4 is 11.9 Å². The van der Waals surface area contributed by atoms with Crippen LogP contribution in [0.2, 0.25) is 0 Å². The molecule has 5 nitrogen and oxygen atoms in total. The molecule has 80 valence electrons. The molecule has 1 amide bonds. The molecular formula is C9H16N2O3. The van der Waals surface area contributed by atoms with E-state index in [2.05, 4.69) is 5.32 Å². The Morgan fingerprint density at radius 2 is 2.07 bits per heavy atom. The maximum absolute atomic E-state index is 11.1. The SMILES string of the molecule is CC(=O)[C@H]1CC[C@H](N)[C@H](NC(=O)O)C1. The summed E-state index contributed by atoms with van der Waals surface area (Å²) in [5.41, 5.74) is 5.75. The van der Waals surface area contributed by atoms with Crippen molar-refractivity contribution in [1.29, 1.82) is 0 Å². The third-order valence-corrected chi connectivity index (χ3v) is 2.79. The van der Waals surface area contributed by atoms with Gasteiger partial charge in [0.05, 0.1) is 0 Å². The van der Waals surface area contributed by atoms with E-state index >= 15 is 0 Å².